The number of esters is 1. The van der Waals surface area contributed by atoms with Crippen LogP contribution in [0.1, 0.15) is 5.56 Å². The van der Waals surface area contributed by atoms with Crippen molar-refractivity contribution >= 4 is 39.5 Å². The van der Waals surface area contributed by atoms with Crippen LogP contribution in [0, 0.1) is 0 Å². The number of fused-ring (bicyclic) bond motifs is 3. The Bertz CT molecular complexity index is 1260. The molecule has 1 heterocycles. The van der Waals surface area contributed by atoms with Gasteiger partial charge < -0.3 is 23.9 Å². The summed E-state index contributed by atoms with van der Waals surface area (Å²) < 4.78 is 21.3. The fraction of sp³-hybridized carbons (Fsp3) is 0.167. The fourth-order valence-corrected chi connectivity index (χ4v) is 3.36. The maximum atomic E-state index is 12.2. The number of benzene rings is 3. The highest BCUT2D eigenvalue weighted by Gasteiger charge is 2.13. The normalized spacial score (nSPS) is 10.8. The lowest BCUT2D eigenvalue weighted by molar-refractivity contribution is -0.146. The van der Waals surface area contributed by atoms with E-state index in [1.54, 1.807) is 30.3 Å². The number of carbonyl (C=O) groups is 2. The number of para-hydroxylation sites is 1. The van der Waals surface area contributed by atoms with E-state index in [0.717, 1.165) is 21.9 Å². The summed E-state index contributed by atoms with van der Waals surface area (Å²) in [6.45, 7) is -0.379. The van der Waals surface area contributed by atoms with Gasteiger partial charge in [-0.15, -0.1) is 0 Å². The smallest absolute Gasteiger partial charge is 0.310 e. The topological polar surface area (TPSA) is 87.0 Å². The van der Waals surface area contributed by atoms with E-state index in [9.17, 15) is 9.59 Å². The summed E-state index contributed by atoms with van der Waals surface area (Å²) in [5, 5.41) is 4.62. The van der Waals surface area contributed by atoms with Gasteiger partial charge in [0.2, 0.25) is 0 Å². The molecule has 0 saturated heterocycles. The largest absolute Gasteiger partial charge is 0.493 e. The summed E-state index contributed by atoms with van der Waals surface area (Å²) in [7, 11) is 3.06. The average molecular weight is 419 g/mol. The van der Waals surface area contributed by atoms with Crippen molar-refractivity contribution in [3.8, 4) is 11.5 Å². The molecular weight excluding hydrogens is 398 g/mol. The van der Waals surface area contributed by atoms with Gasteiger partial charge in [-0.05, 0) is 42.0 Å². The molecule has 4 rings (SSSR count). The van der Waals surface area contributed by atoms with Gasteiger partial charge >= 0.3 is 5.97 Å². The van der Waals surface area contributed by atoms with Gasteiger partial charge in [0.15, 0.2) is 18.1 Å². The number of ether oxygens (including phenoxy) is 3. The van der Waals surface area contributed by atoms with Crippen molar-refractivity contribution in [1.82, 2.24) is 0 Å². The van der Waals surface area contributed by atoms with E-state index >= 15 is 0 Å². The molecule has 7 heteroatoms. The Kier molecular flexibility index (Phi) is 5.75. The Hall–Kier alpha value is -4.00. The molecule has 0 saturated carbocycles. The van der Waals surface area contributed by atoms with Crippen LogP contribution in [0.5, 0.6) is 11.5 Å². The summed E-state index contributed by atoms with van der Waals surface area (Å²) >= 11 is 0. The molecule has 1 N–H and O–H groups in total. The lowest BCUT2D eigenvalue weighted by atomic mass is 10.1. The van der Waals surface area contributed by atoms with E-state index < -0.39 is 11.9 Å². The summed E-state index contributed by atoms with van der Waals surface area (Å²) in [5.41, 5.74) is 2.81. The molecule has 0 bridgehead atoms. The van der Waals surface area contributed by atoms with Crippen molar-refractivity contribution < 1.29 is 28.2 Å². The number of hydrogen-bond acceptors (Lipinski definition) is 6. The number of anilines is 1. The van der Waals surface area contributed by atoms with Crippen LogP contribution in [-0.4, -0.2) is 32.7 Å². The van der Waals surface area contributed by atoms with Crippen molar-refractivity contribution in [2.45, 2.75) is 6.42 Å². The fourth-order valence-electron chi connectivity index (χ4n) is 3.36. The Morgan fingerprint density at radius 3 is 2.45 bits per heavy atom. The summed E-state index contributed by atoms with van der Waals surface area (Å²) in [4.78, 5) is 24.4. The number of carbonyl (C=O) groups excluding carboxylic acids is 2. The van der Waals surface area contributed by atoms with Crippen LogP contribution in [0.4, 0.5) is 5.69 Å². The molecule has 0 unspecified atom stereocenters. The van der Waals surface area contributed by atoms with E-state index in [-0.39, 0.29) is 13.0 Å². The van der Waals surface area contributed by atoms with Gasteiger partial charge in [0.1, 0.15) is 11.2 Å². The van der Waals surface area contributed by atoms with Gasteiger partial charge in [-0.2, -0.15) is 0 Å². The zero-order chi connectivity index (χ0) is 21.8. The lowest BCUT2D eigenvalue weighted by Gasteiger charge is -2.10. The number of hydrogen-bond donors (Lipinski definition) is 1. The second-order valence-electron chi connectivity index (χ2n) is 6.88. The number of furan rings is 1. The van der Waals surface area contributed by atoms with Gasteiger partial charge in [-0.25, -0.2) is 0 Å². The molecular formula is C24H21NO6. The van der Waals surface area contributed by atoms with Crippen LogP contribution < -0.4 is 14.8 Å². The third-order valence-corrected chi connectivity index (χ3v) is 4.82. The van der Waals surface area contributed by atoms with Crippen LogP contribution in [0.2, 0.25) is 0 Å². The molecule has 0 radical (unpaired) electrons. The minimum atomic E-state index is -0.515. The highest BCUT2D eigenvalue weighted by atomic mass is 16.5. The van der Waals surface area contributed by atoms with Gasteiger partial charge in [0, 0.05) is 16.5 Å². The van der Waals surface area contributed by atoms with E-state index in [4.69, 9.17) is 18.6 Å². The van der Waals surface area contributed by atoms with Crippen LogP contribution >= 0.6 is 0 Å². The first-order valence-electron chi connectivity index (χ1n) is 9.65. The highest BCUT2D eigenvalue weighted by Crippen LogP contribution is 2.30. The van der Waals surface area contributed by atoms with Crippen LogP contribution in [0.3, 0.4) is 0 Å². The van der Waals surface area contributed by atoms with Crippen molar-refractivity contribution in [1.29, 1.82) is 0 Å². The quantitative estimate of drug-likeness (QED) is 0.449. The first kappa shape index (κ1) is 20.3. The minimum absolute atomic E-state index is 0.0145. The summed E-state index contributed by atoms with van der Waals surface area (Å²) in [6.07, 6.45) is 0.0145. The number of methoxy groups -OCH3 is 2. The predicted molar refractivity (Wildman–Crippen MR) is 117 cm³/mol. The van der Waals surface area contributed by atoms with Gasteiger partial charge in [0.05, 0.1) is 20.6 Å². The first-order valence-corrected chi connectivity index (χ1v) is 9.65. The Morgan fingerprint density at radius 2 is 1.65 bits per heavy atom. The minimum Gasteiger partial charge on any atom is -0.493 e. The zero-order valence-electron chi connectivity index (χ0n) is 17.1. The first-order chi connectivity index (χ1) is 15.1. The van der Waals surface area contributed by atoms with Gasteiger partial charge in [-0.1, -0.05) is 24.3 Å². The van der Waals surface area contributed by atoms with Gasteiger partial charge in [-0.3, -0.25) is 9.59 Å². The van der Waals surface area contributed by atoms with Crippen LogP contribution in [0.25, 0.3) is 21.9 Å². The molecule has 0 fully saturated rings. The molecule has 1 aromatic heterocycles. The second-order valence-corrected chi connectivity index (χ2v) is 6.88. The molecule has 0 atom stereocenters. The summed E-state index contributed by atoms with van der Waals surface area (Å²) in [6, 6.07) is 18.2. The second kappa shape index (κ2) is 8.79. The van der Waals surface area contributed by atoms with E-state index in [0.29, 0.717) is 22.7 Å². The predicted octanol–water partition coefficient (Wildman–Crippen LogP) is 4.33. The molecule has 0 aliphatic heterocycles. The third-order valence-electron chi connectivity index (χ3n) is 4.82. The van der Waals surface area contributed by atoms with E-state index in [2.05, 4.69) is 5.32 Å². The van der Waals surface area contributed by atoms with E-state index in [1.807, 2.05) is 30.3 Å². The number of nitrogens with one attached hydrogen (secondary N) is 1. The maximum Gasteiger partial charge on any atom is 0.310 e. The van der Waals surface area contributed by atoms with E-state index in [1.165, 1.54) is 14.2 Å². The van der Waals surface area contributed by atoms with Crippen molar-refractivity contribution in [3.05, 3.63) is 66.2 Å². The lowest BCUT2D eigenvalue weighted by Crippen LogP contribution is -2.21. The number of amides is 1. The van der Waals surface area contributed by atoms with Crippen molar-refractivity contribution in [2.24, 2.45) is 0 Å². The summed E-state index contributed by atoms with van der Waals surface area (Å²) in [5.74, 6) is 0.153. The Morgan fingerprint density at radius 1 is 0.871 bits per heavy atom. The SMILES string of the molecule is COc1ccc(CC(=O)OCC(=O)Nc2ccc3oc4ccccc4c3c2)cc1OC. The van der Waals surface area contributed by atoms with Gasteiger partial charge in [0.25, 0.3) is 5.91 Å². The molecule has 0 aliphatic carbocycles. The molecule has 0 spiro atoms. The monoisotopic (exact) mass is 419 g/mol. The highest BCUT2D eigenvalue weighted by molar-refractivity contribution is 6.07. The molecule has 3 aromatic carbocycles. The van der Waals surface area contributed by atoms with Crippen molar-refractivity contribution in [3.63, 3.8) is 0 Å². The average Bonchev–Trinajstić information content (AvgIpc) is 3.15. The molecule has 1 amide bonds. The molecule has 0 aliphatic rings. The molecule has 4 aromatic rings. The van der Waals surface area contributed by atoms with Crippen molar-refractivity contribution in [2.75, 3.05) is 26.1 Å². The zero-order valence-corrected chi connectivity index (χ0v) is 17.1. The maximum absolute atomic E-state index is 12.2. The molecule has 31 heavy (non-hydrogen) atoms. The Labute approximate surface area is 178 Å². The van der Waals surface area contributed by atoms with Crippen LogP contribution in [0.15, 0.2) is 65.1 Å². The molecule has 158 valence electrons. The van der Waals surface area contributed by atoms with Crippen LogP contribution in [-0.2, 0) is 20.7 Å². The third kappa shape index (κ3) is 4.45. The standard InChI is InChI=1S/C24H21NO6/c1-28-21-9-7-15(11-22(21)29-2)12-24(27)30-14-23(26)25-16-8-10-20-18(13-16)17-5-3-4-6-19(17)31-20/h3-11,13H,12,14H2,1-2H3,(H,25,26). The number of rotatable bonds is 7. The Balaban J connectivity index is 1.36. The molecule has 7 nitrogen and oxygen atoms in total.